The van der Waals surface area contributed by atoms with Gasteiger partial charge in [-0.05, 0) is 59.9 Å². The van der Waals surface area contributed by atoms with Crippen LogP contribution in [0.3, 0.4) is 0 Å². The van der Waals surface area contributed by atoms with E-state index in [1.165, 1.54) is 11.3 Å². The average Bonchev–Trinajstić information content (AvgIpc) is 2.78. The molecule has 0 saturated heterocycles. The number of aliphatic imine (C=N–C) groups is 1. The first-order chi connectivity index (χ1) is 11.8. The summed E-state index contributed by atoms with van der Waals surface area (Å²) in [5.41, 5.74) is 3.69. The maximum Gasteiger partial charge on any atom is 0.190 e. The van der Waals surface area contributed by atoms with E-state index in [0.717, 1.165) is 44.1 Å². The molecule has 0 radical (unpaired) electrons. The zero-order valence-corrected chi connectivity index (χ0v) is 17.5. The van der Waals surface area contributed by atoms with Crippen LogP contribution in [-0.2, 0) is 13.5 Å². The zero-order valence-electron chi connectivity index (χ0n) is 17.5. The van der Waals surface area contributed by atoms with E-state index in [4.69, 9.17) is 0 Å². The molecule has 0 aliphatic rings. The summed E-state index contributed by atoms with van der Waals surface area (Å²) in [7, 11) is 3.82. The lowest BCUT2D eigenvalue weighted by atomic mass is 10.1. The predicted molar refractivity (Wildman–Crippen MR) is 107 cm³/mol. The molecule has 1 aromatic heterocycles. The van der Waals surface area contributed by atoms with Gasteiger partial charge in [0.05, 0.1) is 5.69 Å². The number of rotatable bonds is 9. The van der Waals surface area contributed by atoms with Crippen LogP contribution < -0.4 is 10.6 Å². The van der Waals surface area contributed by atoms with E-state index in [1.54, 1.807) is 0 Å². The van der Waals surface area contributed by atoms with Crippen LogP contribution in [0.2, 0.25) is 0 Å². The molecule has 0 amide bonds. The normalized spacial score (nSPS) is 12.5. The first-order valence-electron chi connectivity index (χ1n) is 9.47. The van der Waals surface area contributed by atoms with Crippen LogP contribution in [0, 0.1) is 13.8 Å². The molecule has 6 heteroatoms. The highest BCUT2D eigenvalue weighted by atomic mass is 15.3. The van der Waals surface area contributed by atoms with Crippen molar-refractivity contribution >= 4 is 5.96 Å². The number of aryl methyl sites for hydroxylation is 2. The second kappa shape index (κ2) is 10.4. The van der Waals surface area contributed by atoms with Crippen molar-refractivity contribution in [3.8, 4) is 0 Å². The van der Waals surface area contributed by atoms with Gasteiger partial charge in [0.15, 0.2) is 5.96 Å². The van der Waals surface area contributed by atoms with E-state index in [-0.39, 0.29) is 0 Å². The molecular formula is C19H38N6. The molecule has 2 N–H and O–H groups in total. The summed E-state index contributed by atoms with van der Waals surface area (Å²) >= 11 is 0. The van der Waals surface area contributed by atoms with Gasteiger partial charge in [-0.1, -0.05) is 0 Å². The molecule has 0 aliphatic carbocycles. The summed E-state index contributed by atoms with van der Waals surface area (Å²) in [5.74, 6) is 0.875. The maximum atomic E-state index is 4.47. The molecule has 0 aromatic carbocycles. The molecule has 0 aliphatic heterocycles. The fraction of sp³-hybridized carbons (Fsp3) is 0.789. The second-order valence-electron chi connectivity index (χ2n) is 7.23. The molecule has 1 aromatic rings. The number of hydrogen-bond acceptors (Lipinski definition) is 3. The lowest BCUT2D eigenvalue weighted by Gasteiger charge is -2.30. The van der Waals surface area contributed by atoms with Crippen LogP contribution in [-0.4, -0.2) is 59.4 Å². The number of aromatic nitrogens is 2. The molecule has 0 unspecified atom stereocenters. The average molecular weight is 351 g/mol. The number of hydrogen-bond donors (Lipinski definition) is 2. The Hall–Kier alpha value is -1.56. The molecule has 0 saturated carbocycles. The minimum atomic E-state index is 0.586. The molecule has 0 spiro atoms. The van der Waals surface area contributed by atoms with Crippen molar-refractivity contribution < 1.29 is 0 Å². The first-order valence-corrected chi connectivity index (χ1v) is 9.47. The van der Waals surface area contributed by atoms with Gasteiger partial charge in [0, 0.05) is 51.5 Å². The van der Waals surface area contributed by atoms with Crippen molar-refractivity contribution in [2.24, 2.45) is 12.0 Å². The fourth-order valence-corrected chi connectivity index (χ4v) is 3.29. The SMILES string of the molecule is CN=C(NCCCN(C(C)C)C(C)C)NCCc1c(C)nn(C)c1C. The Bertz CT molecular complexity index is 536. The number of guanidine groups is 1. The largest absolute Gasteiger partial charge is 0.356 e. The highest BCUT2D eigenvalue weighted by Gasteiger charge is 2.12. The van der Waals surface area contributed by atoms with Gasteiger partial charge >= 0.3 is 0 Å². The smallest absolute Gasteiger partial charge is 0.190 e. The van der Waals surface area contributed by atoms with Crippen LogP contribution in [0.25, 0.3) is 0 Å². The molecule has 0 atom stereocenters. The van der Waals surface area contributed by atoms with E-state index >= 15 is 0 Å². The molecule has 1 heterocycles. The van der Waals surface area contributed by atoms with Crippen LogP contribution in [0.5, 0.6) is 0 Å². The summed E-state index contributed by atoms with van der Waals surface area (Å²) in [6, 6.07) is 1.17. The van der Waals surface area contributed by atoms with Gasteiger partial charge in [-0.15, -0.1) is 0 Å². The summed E-state index contributed by atoms with van der Waals surface area (Å²) in [4.78, 5) is 6.84. The van der Waals surface area contributed by atoms with E-state index in [9.17, 15) is 0 Å². The highest BCUT2D eigenvalue weighted by Crippen LogP contribution is 2.11. The second-order valence-corrected chi connectivity index (χ2v) is 7.23. The summed E-state index contributed by atoms with van der Waals surface area (Å²) in [5, 5.41) is 11.3. The topological polar surface area (TPSA) is 57.5 Å². The van der Waals surface area contributed by atoms with Crippen molar-refractivity contribution in [2.45, 2.75) is 66.5 Å². The van der Waals surface area contributed by atoms with Gasteiger partial charge in [0.2, 0.25) is 0 Å². The molecule has 25 heavy (non-hydrogen) atoms. The zero-order chi connectivity index (χ0) is 19.0. The first kappa shape index (κ1) is 21.5. The van der Waals surface area contributed by atoms with Crippen LogP contribution in [0.4, 0.5) is 0 Å². The van der Waals surface area contributed by atoms with E-state index < -0.39 is 0 Å². The molecule has 1 rings (SSSR count). The van der Waals surface area contributed by atoms with Gasteiger partial charge in [-0.2, -0.15) is 5.10 Å². The summed E-state index contributed by atoms with van der Waals surface area (Å²) < 4.78 is 1.95. The lowest BCUT2D eigenvalue weighted by Crippen LogP contribution is -2.41. The highest BCUT2D eigenvalue weighted by molar-refractivity contribution is 5.79. The molecule has 6 nitrogen and oxygen atoms in total. The molecule has 0 bridgehead atoms. The van der Waals surface area contributed by atoms with E-state index in [2.05, 4.69) is 67.2 Å². The lowest BCUT2D eigenvalue weighted by molar-refractivity contribution is 0.173. The Morgan fingerprint density at radius 2 is 1.72 bits per heavy atom. The quantitative estimate of drug-likeness (QED) is 0.407. The van der Waals surface area contributed by atoms with Gasteiger partial charge < -0.3 is 10.6 Å². The minimum absolute atomic E-state index is 0.586. The van der Waals surface area contributed by atoms with Gasteiger partial charge in [0.1, 0.15) is 0 Å². The Morgan fingerprint density at radius 1 is 1.12 bits per heavy atom. The van der Waals surface area contributed by atoms with Crippen molar-refractivity contribution in [1.82, 2.24) is 25.3 Å². The third-order valence-electron chi connectivity index (χ3n) is 4.76. The third-order valence-corrected chi connectivity index (χ3v) is 4.76. The third kappa shape index (κ3) is 6.69. The van der Waals surface area contributed by atoms with E-state index in [0.29, 0.717) is 12.1 Å². The van der Waals surface area contributed by atoms with Gasteiger partial charge in [-0.3, -0.25) is 14.6 Å². The standard InChI is InChI=1S/C19H38N6/c1-14(2)25(15(3)4)13-9-11-21-19(20-7)22-12-10-18-16(5)23-24(8)17(18)6/h14-15H,9-13H2,1-8H3,(H2,20,21,22). The number of nitrogens with zero attached hydrogens (tertiary/aromatic N) is 4. The maximum absolute atomic E-state index is 4.47. The Balaban J connectivity index is 2.33. The van der Waals surface area contributed by atoms with Crippen molar-refractivity contribution in [3.63, 3.8) is 0 Å². The van der Waals surface area contributed by atoms with E-state index in [1.807, 2.05) is 18.8 Å². The van der Waals surface area contributed by atoms with Crippen molar-refractivity contribution in [1.29, 1.82) is 0 Å². The van der Waals surface area contributed by atoms with Crippen molar-refractivity contribution in [3.05, 3.63) is 17.0 Å². The van der Waals surface area contributed by atoms with Gasteiger partial charge in [-0.25, -0.2) is 0 Å². The Morgan fingerprint density at radius 3 is 2.20 bits per heavy atom. The monoisotopic (exact) mass is 350 g/mol. The Kier molecular flexibility index (Phi) is 8.97. The molecular weight excluding hydrogens is 312 g/mol. The summed E-state index contributed by atoms with van der Waals surface area (Å²) in [6.07, 6.45) is 2.07. The summed E-state index contributed by atoms with van der Waals surface area (Å²) in [6.45, 7) is 16.1. The molecule has 0 fully saturated rings. The minimum Gasteiger partial charge on any atom is -0.356 e. The fourth-order valence-electron chi connectivity index (χ4n) is 3.29. The van der Waals surface area contributed by atoms with Crippen molar-refractivity contribution in [2.75, 3.05) is 26.7 Å². The van der Waals surface area contributed by atoms with Crippen LogP contribution >= 0.6 is 0 Å². The number of nitrogens with one attached hydrogen (secondary N) is 2. The van der Waals surface area contributed by atoms with Crippen LogP contribution in [0.15, 0.2) is 4.99 Å². The predicted octanol–water partition coefficient (Wildman–Crippen LogP) is 2.25. The Labute approximate surface area is 154 Å². The molecule has 144 valence electrons. The van der Waals surface area contributed by atoms with Gasteiger partial charge in [0.25, 0.3) is 0 Å². The van der Waals surface area contributed by atoms with Crippen LogP contribution in [0.1, 0.15) is 51.1 Å².